The van der Waals surface area contributed by atoms with Gasteiger partial charge in [0.1, 0.15) is 0 Å². The molecule has 0 rings (SSSR count). The molecule has 0 aromatic carbocycles. The van der Waals surface area contributed by atoms with Crippen molar-refractivity contribution in [2.75, 3.05) is 24.6 Å². The second-order valence-corrected chi connectivity index (χ2v) is 21.5. The van der Waals surface area contributed by atoms with Gasteiger partial charge < -0.3 is 0 Å². The Morgan fingerprint density at radius 1 is 0.345 bits per heavy atom. The van der Waals surface area contributed by atoms with Gasteiger partial charge in [0.15, 0.2) is 0 Å². The number of rotatable bonds is 23. The zero-order chi connectivity index (χ0) is 21.7. The summed E-state index contributed by atoms with van der Waals surface area (Å²) in [6, 6.07) is 0. The van der Waals surface area contributed by atoms with Crippen LogP contribution in [0.15, 0.2) is 0 Å². The van der Waals surface area contributed by atoms with Gasteiger partial charge in [-0.1, -0.05) is 0 Å². The van der Waals surface area contributed by atoms with Gasteiger partial charge in [-0.05, 0) is 0 Å². The molecule has 0 heterocycles. The Labute approximate surface area is 194 Å². The molecule has 0 spiro atoms. The van der Waals surface area contributed by atoms with Crippen molar-refractivity contribution in [3.8, 4) is 0 Å². The van der Waals surface area contributed by atoms with Crippen LogP contribution in [0.4, 0.5) is 0 Å². The third-order valence-corrected chi connectivity index (χ3v) is 17.0. The molecule has 178 valence electrons. The van der Waals surface area contributed by atoms with Crippen LogP contribution in [0.3, 0.4) is 0 Å². The van der Waals surface area contributed by atoms with Gasteiger partial charge in [-0.15, -0.1) is 0 Å². The fourth-order valence-electron chi connectivity index (χ4n) is 4.94. The van der Waals surface area contributed by atoms with Crippen molar-refractivity contribution in [1.29, 1.82) is 0 Å². The molecule has 0 aliphatic heterocycles. The Kier molecular flexibility index (Phi) is 20.2. The molecule has 29 heavy (non-hydrogen) atoms. The zero-order valence-corrected chi connectivity index (χ0v) is 23.6. The Morgan fingerprint density at radius 2 is 0.552 bits per heavy atom. The molecule has 0 aliphatic rings. The molecule has 0 atom stereocenters. The Hall–Kier alpha value is 0.910. The van der Waals surface area contributed by atoms with Crippen LogP contribution in [0.5, 0.6) is 0 Å². The van der Waals surface area contributed by atoms with Crippen molar-refractivity contribution in [2.24, 2.45) is 0 Å². The van der Waals surface area contributed by atoms with E-state index >= 15 is 0 Å². The molecular weight excluding hydrogens is 435 g/mol. The van der Waals surface area contributed by atoms with Crippen molar-refractivity contribution >= 4 is 20.8 Å². The molecular formula is C27H58BrP. The van der Waals surface area contributed by atoms with E-state index in [2.05, 4.69) is 43.2 Å². The number of halogens is 1. The summed E-state index contributed by atoms with van der Waals surface area (Å²) in [5.41, 5.74) is 0. The summed E-state index contributed by atoms with van der Waals surface area (Å²) in [5, 5.41) is -1.70. The summed E-state index contributed by atoms with van der Waals surface area (Å²) in [4.78, 5) is 0. The first-order valence-electron chi connectivity index (χ1n) is 13.8. The molecule has 0 saturated carbocycles. The molecule has 0 amide bonds. The summed E-state index contributed by atoms with van der Waals surface area (Å²) in [7, 11) is 0. The maximum absolute atomic E-state index is 4.67. The molecule has 0 radical (unpaired) electrons. The third-order valence-electron chi connectivity index (χ3n) is 7.03. The average molecular weight is 494 g/mol. The van der Waals surface area contributed by atoms with Gasteiger partial charge in [0.05, 0.1) is 0 Å². The summed E-state index contributed by atoms with van der Waals surface area (Å²) in [5.74, 6) is 0. The molecule has 0 N–H and O–H groups in total. The van der Waals surface area contributed by atoms with Crippen LogP contribution in [0.2, 0.25) is 0 Å². The number of unbranched alkanes of at least 4 members (excludes halogenated alkanes) is 15. The van der Waals surface area contributed by atoms with Crippen molar-refractivity contribution in [1.82, 2.24) is 0 Å². The van der Waals surface area contributed by atoms with Crippen LogP contribution >= 0.6 is 20.8 Å². The van der Waals surface area contributed by atoms with Gasteiger partial charge in [-0.25, -0.2) is 0 Å². The predicted molar refractivity (Wildman–Crippen MR) is 146 cm³/mol. The second kappa shape index (κ2) is 19.6. The second-order valence-electron chi connectivity index (χ2n) is 10.0. The standard InChI is InChI=1S/C27H58BrP/c1-5-9-13-17-18-19-23-27-29(28,24-20-14-10-6-2,25-21-15-11-7-3)26-22-16-12-8-4/h5-27H2,1-4H3. The Balaban J connectivity index is 4.87. The van der Waals surface area contributed by atoms with Crippen LogP contribution in [0.25, 0.3) is 0 Å². The van der Waals surface area contributed by atoms with Crippen LogP contribution in [-0.4, -0.2) is 24.6 Å². The van der Waals surface area contributed by atoms with Crippen LogP contribution in [0.1, 0.15) is 150 Å². The van der Waals surface area contributed by atoms with Crippen LogP contribution < -0.4 is 0 Å². The van der Waals surface area contributed by atoms with Gasteiger partial charge in [-0.3, -0.25) is 0 Å². The molecule has 0 aromatic rings. The van der Waals surface area contributed by atoms with Crippen molar-refractivity contribution < 1.29 is 0 Å². The summed E-state index contributed by atoms with van der Waals surface area (Å²) >= 11 is 4.67. The normalized spacial score (nSPS) is 13.5. The van der Waals surface area contributed by atoms with Crippen LogP contribution in [-0.2, 0) is 0 Å². The van der Waals surface area contributed by atoms with Gasteiger partial charge in [0.2, 0.25) is 0 Å². The molecule has 0 nitrogen and oxygen atoms in total. The van der Waals surface area contributed by atoms with Crippen LogP contribution in [0, 0.1) is 0 Å². The monoisotopic (exact) mass is 492 g/mol. The average Bonchev–Trinajstić information content (AvgIpc) is 2.72. The quantitative estimate of drug-likeness (QED) is 0.0980. The maximum atomic E-state index is 4.67. The zero-order valence-electron chi connectivity index (χ0n) is 21.1. The van der Waals surface area contributed by atoms with Gasteiger partial charge >= 0.3 is 195 Å². The number of hydrogen-bond donors (Lipinski definition) is 0. The fraction of sp³-hybridized carbons (Fsp3) is 1.00. The van der Waals surface area contributed by atoms with E-state index in [1.165, 1.54) is 122 Å². The van der Waals surface area contributed by atoms with Crippen molar-refractivity contribution in [2.45, 2.75) is 150 Å². The first kappa shape index (κ1) is 29.9. The minimum atomic E-state index is -1.70. The van der Waals surface area contributed by atoms with E-state index in [4.69, 9.17) is 0 Å². The van der Waals surface area contributed by atoms with E-state index in [-0.39, 0.29) is 0 Å². The molecule has 0 aromatic heterocycles. The molecule has 0 unspecified atom stereocenters. The first-order valence-corrected chi connectivity index (χ1v) is 18.8. The minimum absolute atomic E-state index is 1.36. The van der Waals surface area contributed by atoms with Gasteiger partial charge in [0, 0.05) is 0 Å². The SMILES string of the molecule is CCCCCCCCCP(Br)(CCCCCC)(CCCCCC)CCCCCC. The Morgan fingerprint density at radius 3 is 0.828 bits per heavy atom. The van der Waals surface area contributed by atoms with E-state index in [1.807, 2.05) is 0 Å². The molecule has 2 heteroatoms. The van der Waals surface area contributed by atoms with E-state index in [0.29, 0.717) is 0 Å². The molecule has 0 saturated heterocycles. The molecule has 0 bridgehead atoms. The predicted octanol–water partition coefficient (Wildman–Crippen LogP) is 11.3. The van der Waals surface area contributed by atoms with E-state index in [9.17, 15) is 0 Å². The van der Waals surface area contributed by atoms with E-state index in [1.54, 1.807) is 24.6 Å². The molecule has 0 aliphatic carbocycles. The van der Waals surface area contributed by atoms with Gasteiger partial charge in [-0.2, -0.15) is 0 Å². The third kappa shape index (κ3) is 16.2. The molecule has 0 fully saturated rings. The van der Waals surface area contributed by atoms with Crippen molar-refractivity contribution in [3.63, 3.8) is 0 Å². The first-order chi connectivity index (χ1) is 14.0. The van der Waals surface area contributed by atoms with E-state index < -0.39 is 5.31 Å². The fourth-order valence-corrected chi connectivity index (χ4v) is 13.3. The summed E-state index contributed by atoms with van der Waals surface area (Å²) in [6.45, 7) is 9.37. The van der Waals surface area contributed by atoms with Gasteiger partial charge in [0.25, 0.3) is 0 Å². The summed E-state index contributed by atoms with van der Waals surface area (Å²) < 4.78 is 0. The van der Waals surface area contributed by atoms with Crippen molar-refractivity contribution in [3.05, 3.63) is 0 Å². The summed E-state index contributed by atoms with van der Waals surface area (Å²) in [6.07, 6.45) is 33.6. The van der Waals surface area contributed by atoms with E-state index in [0.717, 1.165) is 0 Å². The topological polar surface area (TPSA) is 0 Å². The number of hydrogen-bond acceptors (Lipinski definition) is 0. The Bertz CT molecular complexity index is 307.